The van der Waals surface area contributed by atoms with Gasteiger partial charge in [0.1, 0.15) is 0 Å². The SMILES string of the molecule is CC(C)O[C@@H](C)[C@]1(C)CCC[C@@H]1N(C)C. The molecule has 0 N–H and O–H groups in total. The predicted octanol–water partition coefficient (Wildman–Crippen LogP) is 2.92. The summed E-state index contributed by atoms with van der Waals surface area (Å²) in [6, 6.07) is 0.672. The van der Waals surface area contributed by atoms with Gasteiger partial charge in [-0.15, -0.1) is 0 Å². The molecule has 0 amide bonds. The van der Waals surface area contributed by atoms with Crippen LogP contribution >= 0.6 is 0 Å². The van der Waals surface area contributed by atoms with Crippen molar-refractivity contribution in [3.8, 4) is 0 Å². The maximum Gasteiger partial charge on any atom is 0.0618 e. The van der Waals surface area contributed by atoms with Crippen molar-refractivity contribution >= 4 is 0 Å². The van der Waals surface area contributed by atoms with Crippen LogP contribution in [0.2, 0.25) is 0 Å². The summed E-state index contributed by atoms with van der Waals surface area (Å²) in [7, 11) is 4.38. The van der Waals surface area contributed by atoms with Gasteiger partial charge in [-0.3, -0.25) is 0 Å². The first-order chi connectivity index (χ1) is 6.88. The van der Waals surface area contributed by atoms with E-state index in [9.17, 15) is 0 Å². The van der Waals surface area contributed by atoms with Gasteiger partial charge < -0.3 is 9.64 Å². The molecule has 0 spiro atoms. The highest BCUT2D eigenvalue weighted by Gasteiger charge is 2.44. The highest BCUT2D eigenvalue weighted by atomic mass is 16.5. The van der Waals surface area contributed by atoms with E-state index in [-0.39, 0.29) is 0 Å². The summed E-state index contributed by atoms with van der Waals surface area (Å²) in [5, 5.41) is 0. The van der Waals surface area contributed by atoms with Crippen molar-refractivity contribution in [2.45, 2.75) is 65.2 Å². The Balaban J connectivity index is 2.70. The molecule has 1 rings (SSSR count). The zero-order valence-electron chi connectivity index (χ0n) is 11.2. The molecule has 1 aliphatic carbocycles. The first-order valence-electron chi connectivity index (χ1n) is 6.20. The van der Waals surface area contributed by atoms with E-state index in [1.54, 1.807) is 0 Å². The van der Waals surface area contributed by atoms with Crippen LogP contribution in [0.1, 0.15) is 47.0 Å². The molecule has 0 aliphatic heterocycles. The molecule has 0 unspecified atom stereocenters. The Labute approximate surface area is 95.0 Å². The van der Waals surface area contributed by atoms with Crippen LogP contribution in [0.3, 0.4) is 0 Å². The van der Waals surface area contributed by atoms with Crippen molar-refractivity contribution in [2.75, 3.05) is 14.1 Å². The number of rotatable bonds is 4. The average molecular weight is 213 g/mol. The van der Waals surface area contributed by atoms with E-state index in [2.05, 4.69) is 46.7 Å². The molecule has 15 heavy (non-hydrogen) atoms. The maximum atomic E-state index is 5.99. The van der Waals surface area contributed by atoms with Crippen LogP contribution in [-0.2, 0) is 4.74 Å². The summed E-state index contributed by atoms with van der Waals surface area (Å²) in [6.45, 7) is 8.87. The van der Waals surface area contributed by atoms with E-state index >= 15 is 0 Å². The largest absolute Gasteiger partial charge is 0.375 e. The third-order valence-corrected chi connectivity index (χ3v) is 3.98. The van der Waals surface area contributed by atoms with Crippen LogP contribution in [-0.4, -0.2) is 37.2 Å². The standard InChI is InChI=1S/C13H27NO/c1-10(2)15-11(3)13(4)9-7-8-12(13)14(5)6/h10-12H,7-9H2,1-6H3/t11-,12-,13-/m0/s1. The molecule has 0 aromatic rings. The van der Waals surface area contributed by atoms with Gasteiger partial charge in [0.15, 0.2) is 0 Å². The van der Waals surface area contributed by atoms with Crippen LogP contribution in [0, 0.1) is 5.41 Å². The number of ether oxygens (including phenoxy) is 1. The monoisotopic (exact) mass is 213 g/mol. The zero-order chi connectivity index (χ0) is 11.6. The lowest BCUT2D eigenvalue weighted by Crippen LogP contribution is -2.46. The molecule has 1 aliphatic rings. The van der Waals surface area contributed by atoms with Crippen molar-refractivity contribution in [3.63, 3.8) is 0 Å². The van der Waals surface area contributed by atoms with E-state index in [0.717, 1.165) is 0 Å². The lowest BCUT2D eigenvalue weighted by molar-refractivity contribution is -0.0733. The quantitative estimate of drug-likeness (QED) is 0.712. The summed E-state index contributed by atoms with van der Waals surface area (Å²) in [4.78, 5) is 2.37. The van der Waals surface area contributed by atoms with Gasteiger partial charge in [-0.2, -0.15) is 0 Å². The maximum absolute atomic E-state index is 5.99. The molecule has 1 fully saturated rings. The zero-order valence-corrected chi connectivity index (χ0v) is 11.2. The van der Waals surface area contributed by atoms with Crippen LogP contribution in [0.15, 0.2) is 0 Å². The smallest absolute Gasteiger partial charge is 0.0618 e. The van der Waals surface area contributed by atoms with Crippen LogP contribution < -0.4 is 0 Å². The Morgan fingerprint density at radius 2 is 1.87 bits per heavy atom. The van der Waals surface area contributed by atoms with E-state index in [1.807, 2.05) is 0 Å². The molecule has 3 atom stereocenters. The molecule has 2 nitrogen and oxygen atoms in total. The first-order valence-corrected chi connectivity index (χ1v) is 6.20. The fourth-order valence-corrected chi connectivity index (χ4v) is 3.06. The van der Waals surface area contributed by atoms with E-state index in [1.165, 1.54) is 19.3 Å². The van der Waals surface area contributed by atoms with E-state index in [0.29, 0.717) is 23.7 Å². The molecule has 0 bridgehead atoms. The Hall–Kier alpha value is -0.0800. The molecule has 1 saturated carbocycles. The fourth-order valence-electron chi connectivity index (χ4n) is 3.06. The van der Waals surface area contributed by atoms with Gasteiger partial charge in [0, 0.05) is 11.5 Å². The lowest BCUT2D eigenvalue weighted by atomic mass is 9.79. The van der Waals surface area contributed by atoms with Gasteiger partial charge in [-0.25, -0.2) is 0 Å². The highest BCUT2D eigenvalue weighted by molar-refractivity contribution is 4.97. The van der Waals surface area contributed by atoms with Crippen molar-refractivity contribution in [1.29, 1.82) is 0 Å². The molecule has 0 saturated heterocycles. The minimum Gasteiger partial charge on any atom is -0.375 e. The molecular weight excluding hydrogens is 186 g/mol. The van der Waals surface area contributed by atoms with Gasteiger partial charge in [0.05, 0.1) is 12.2 Å². The topological polar surface area (TPSA) is 12.5 Å². The summed E-state index contributed by atoms with van der Waals surface area (Å²) < 4.78 is 5.99. The van der Waals surface area contributed by atoms with Crippen LogP contribution in [0.4, 0.5) is 0 Å². The van der Waals surface area contributed by atoms with Crippen LogP contribution in [0.5, 0.6) is 0 Å². The molecule has 90 valence electrons. The molecule has 0 radical (unpaired) electrons. The van der Waals surface area contributed by atoms with Gasteiger partial charge >= 0.3 is 0 Å². The second-order valence-electron chi connectivity index (χ2n) is 5.70. The molecule has 2 heteroatoms. The predicted molar refractivity (Wildman–Crippen MR) is 65.1 cm³/mol. The van der Waals surface area contributed by atoms with Gasteiger partial charge in [0.25, 0.3) is 0 Å². The van der Waals surface area contributed by atoms with Crippen LogP contribution in [0.25, 0.3) is 0 Å². The Bertz CT molecular complexity index is 203. The Morgan fingerprint density at radius 3 is 2.33 bits per heavy atom. The minimum absolute atomic E-state index is 0.327. The Kier molecular flexibility index (Phi) is 4.19. The number of nitrogens with zero attached hydrogens (tertiary/aromatic N) is 1. The van der Waals surface area contributed by atoms with Gasteiger partial charge in [-0.05, 0) is 47.7 Å². The molecule has 0 heterocycles. The average Bonchev–Trinajstić information content (AvgIpc) is 2.47. The lowest BCUT2D eigenvalue weighted by Gasteiger charge is -2.41. The van der Waals surface area contributed by atoms with Crippen molar-refractivity contribution in [2.24, 2.45) is 5.41 Å². The summed E-state index contributed by atoms with van der Waals surface area (Å²) >= 11 is 0. The normalized spacial score (nSPS) is 34.0. The summed E-state index contributed by atoms with van der Waals surface area (Å²) in [5.41, 5.74) is 0.327. The first kappa shape index (κ1) is 13.0. The second-order valence-corrected chi connectivity index (χ2v) is 5.70. The molecule has 0 aromatic heterocycles. The van der Waals surface area contributed by atoms with Gasteiger partial charge in [0.2, 0.25) is 0 Å². The van der Waals surface area contributed by atoms with E-state index in [4.69, 9.17) is 4.74 Å². The van der Waals surface area contributed by atoms with Crippen molar-refractivity contribution in [1.82, 2.24) is 4.90 Å². The second kappa shape index (κ2) is 4.84. The molecule has 0 aromatic carbocycles. The van der Waals surface area contributed by atoms with Crippen molar-refractivity contribution in [3.05, 3.63) is 0 Å². The fraction of sp³-hybridized carbons (Fsp3) is 1.00. The minimum atomic E-state index is 0.327. The highest BCUT2D eigenvalue weighted by Crippen LogP contribution is 2.44. The van der Waals surface area contributed by atoms with Crippen molar-refractivity contribution < 1.29 is 4.74 Å². The third kappa shape index (κ3) is 2.73. The third-order valence-electron chi connectivity index (χ3n) is 3.98. The molecular formula is C13H27NO. The summed E-state index contributed by atoms with van der Waals surface area (Å²) in [6.07, 6.45) is 4.64. The van der Waals surface area contributed by atoms with E-state index < -0.39 is 0 Å². The summed E-state index contributed by atoms with van der Waals surface area (Å²) in [5.74, 6) is 0. The van der Waals surface area contributed by atoms with Gasteiger partial charge in [-0.1, -0.05) is 13.3 Å². The Morgan fingerprint density at radius 1 is 1.27 bits per heavy atom. The number of hydrogen-bond acceptors (Lipinski definition) is 2. The number of hydrogen-bond donors (Lipinski definition) is 0.